The molecule has 62 heavy (non-hydrogen) atoms. The number of ketones is 1. The summed E-state index contributed by atoms with van der Waals surface area (Å²) in [7, 11) is 1.08. The van der Waals surface area contributed by atoms with E-state index >= 15 is 0 Å². The van der Waals surface area contributed by atoms with Crippen LogP contribution in [0.5, 0.6) is 11.5 Å². The summed E-state index contributed by atoms with van der Waals surface area (Å²) in [6.07, 6.45) is -16.9. The van der Waals surface area contributed by atoms with Gasteiger partial charge >= 0.3 is 30.7 Å². The van der Waals surface area contributed by atoms with Gasteiger partial charge in [-0.25, -0.2) is 14.8 Å². The molecule has 2 aromatic carbocycles. The summed E-state index contributed by atoms with van der Waals surface area (Å²) in [5.74, 6) is -1.63. The maximum absolute atomic E-state index is 13.7. The molecular formula is C39H26F12N4O7. The van der Waals surface area contributed by atoms with Crippen LogP contribution in [0.2, 0.25) is 0 Å². The van der Waals surface area contributed by atoms with Gasteiger partial charge in [-0.3, -0.25) is 23.2 Å². The number of Topliss-reactive ketones (excluding diaryl/α,β-unsaturated/α-hetero) is 1. The van der Waals surface area contributed by atoms with E-state index in [2.05, 4.69) is 24.2 Å². The summed E-state index contributed by atoms with van der Waals surface area (Å²) in [4.78, 5) is 56.2. The summed E-state index contributed by atoms with van der Waals surface area (Å²) < 4.78 is 171. The highest BCUT2D eigenvalue weighted by molar-refractivity contribution is 5.96. The number of nitrogens with zero attached hydrogens (tertiary/aromatic N) is 4. The highest BCUT2D eigenvalue weighted by Gasteiger charge is 2.39. The van der Waals surface area contributed by atoms with Crippen molar-refractivity contribution in [1.82, 2.24) is 18.8 Å². The molecule has 0 bridgehead atoms. The van der Waals surface area contributed by atoms with Gasteiger partial charge in [0.25, 0.3) is 11.1 Å². The molecule has 0 unspecified atom stereocenters. The van der Waals surface area contributed by atoms with E-state index in [0.29, 0.717) is 0 Å². The van der Waals surface area contributed by atoms with Crippen LogP contribution in [0.1, 0.15) is 45.4 Å². The van der Waals surface area contributed by atoms with Gasteiger partial charge in [-0.15, -0.1) is 0 Å². The van der Waals surface area contributed by atoms with Crippen LogP contribution in [0.4, 0.5) is 52.7 Å². The van der Waals surface area contributed by atoms with Gasteiger partial charge in [0.05, 0.1) is 23.8 Å². The van der Waals surface area contributed by atoms with Gasteiger partial charge in [0.15, 0.2) is 30.4 Å². The molecule has 0 aliphatic rings. The SMILES string of the molecule is CCC(=O)c1ccn2c(=O)c(-c3ccc(OCC(F)(F)F)cc3)c(C(F)(F)F)nc2c1.COC(=O)c1ccn2c(=O)c(-c3ccc(OCC(F)(F)F)cc3)c(C(F)(F)F)nc2c1. The van der Waals surface area contributed by atoms with Crippen LogP contribution in [0.15, 0.2) is 94.8 Å². The first-order valence-corrected chi connectivity index (χ1v) is 17.3. The van der Waals surface area contributed by atoms with Gasteiger partial charge in [-0.05, 0) is 59.7 Å². The smallest absolute Gasteiger partial charge is 0.434 e. The molecule has 6 aromatic rings. The zero-order chi connectivity index (χ0) is 45.9. The van der Waals surface area contributed by atoms with Crippen molar-refractivity contribution in [3.05, 3.63) is 128 Å². The molecule has 0 spiro atoms. The molecule has 0 radical (unpaired) electrons. The number of rotatable bonds is 9. The standard InChI is InChI=1S/C20H14F6N2O3.C19H12F6N2O4/c1-2-14(29)12-7-8-28-15(9-12)27-17(20(24,25)26)16(18(28)30)11-3-5-13(6-4-11)31-10-19(21,22)23;1-30-17(29)11-6-7-27-13(8-11)26-15(19(23,24)25)14(16(27)28)10-2-4-12(5-3-10)31-9-18(20,21)22/h3-9H,2,10H2,1H3;2-8H,9H2,1H3. The number of halogens is 12. The molecule has 4 aromatic heterocycles. The topological polar surface area (TPSA) is 131 Å². The molecule has 0 atom stereocenters. The second-order valence-corrected chi connectivity index (χ2v) is 12.7. The third kappa shape index (κ3) is 10.9. The number of hydrogen-bond acceptors (Lipinski definition) is 9. The van der Waals surface area contributed by atoms with Crippen molar-refractivity contribution in [3.8, 4) is 33.8 Å². The molecule has 0 saturated carbocycles. The molecular weight excluding hydrogens is 864 g/mol. The van der Waals surface area contributed by atoms with Crippen LogP contribution in [0.3, 0.4) is 0 Å². The number of aromatic nitrogens is 4. The van der Waals surface area contributed by atoms with Crippen molar-refractivity contribution in [1.29, 1.82) is 0 Å². The Hall–Kier alpha value is -6.94. The largest absolute Gasteiger partial charge is 0.484 e. The molecule has 0 aliphatic heterocycles. The van der Waals surface area contributed by atoms with E-state index in [9.17, 15) is 71.9 Å². The summed E-state index contributed by atoms with van der Waals surface area (Å²) in [5.41, 5.74) is -7.91. The van der Waals surface area contributed by atoms with Gasteiger partial charge < -0.3 is 14.2 Å². The second kappa shape index (κ2) is 17.6. The van der Waals surface area contributed by atoms with Crippen LogP contribution < -0.4 is 20.6 Å². The maximum atomic E-state index is 13.7. The molecule has 4 heterocycles. The van der Waals surface area contributed by atoms with Crippen molar-refractivity contribution < 1.29 is 76.5 Å². The van der Waals surface area contributed by atoms with Crippen molar-refractivity contribution in [2.24, 2.45) is 0 Å². The molecule has 0 N–H and O–H groups in total. The molecule has 0 aliphatic carbocycles. The molecule has 0 saturated heterocycles. The van der Waals surface area contributed by atoms with Crippen molar-refractivity contribution in [2.45, 2.75) is 38.0 Å². The van der Waals surface area contributed by atoms with E-state index in [0.717, 1.165) is 89.0 Å². The lowest BCUT2D eigenvalue weighted by atomic mass is 10.0. The molecule has 11 nitrogen and oxygen atoms in total. The van der Waals surface area contributed by atoms with E-state index in [1.807, 2.05) is 0 Å². The fraction of sp³-hybridized carbons (Fsp3) is 0.231. The van der Waals surface area contributed by atoms with Gasteiger partial charge in [0.2, 0.25) is 0 Å². The Labute approximate surface area is 338 Å². The minimum absolute atomic E-state index is 0.110. The number of carbonyl (C=O) groups excluding carboxylic acids is 2. The maximum Gasteiger partial charge on any atom is 0.434 e. The molecule has 6 rings (SSSR count). The minimum atomic E-state index is -5.03. The first kappa shape index (κ1) is 46.1. The second-order valence-electron chi connectivity index (χ2n) is 12.7. The number of methoxy groups -OCH3 is 1. The van der Waals surface area contributed by atoms with E-state index in [1.165, 1.54) is 12.1 Å². The summed E-state index contributed by atoms with van der Waals surface area (Å²) in [5, 5.41) is 0. The predicted molar refractivity (Wildman–Crippen MR) is 193 cm³/mol. The number of pyridine rings is 2. The van der Waals surface area contributed by atoms with E-state index in [-0.39, 0.29) is 51.6 Å². The quantitative estimate of drug-likeness (QED) is 0.0793. The summed E-state index contributed by atoms with van der Waals surface area (Å²) in [6.45, 7) is -1.57. The summed E-state index contributed by atoms with van der Waals surface area (Å²) in [6, 6.07) is 12.7. The van der Waals surface area contributed by atoms with Crippen LogP contribution >= 0.6 is 0 Å². The highest BCUT2D eigenvalue weighted by Crippen LogP contribution is 2.36. The lowest BCUT2D eigenvalue weighted by Gasteiger charge is -2.14. The fourth-order valence-corrected chi connectivity index (χ4v) is 5.60. The van der Waals surface area contributed by atoms with Crippen molar-refractivity contribution in [2.75, 3.05) is 20.3 Å². The average Bonchev–Trinajstić information content (AvgIpc) is 3.20. The monoisotopic (exact) mass is 890 g/mol. The third-order valence-corrected chi connectivity index (χ3v) is 8.35. The van der Waals surface area contributed by atoms with Crippen LogP contribution in [0, 0.1) is 0 Å². The minimum Gasteiger partial charge on any atom is -0.484 e. The third-order valence-electron chi connectivity index (χ3n) is 8.35. The van der Waals surface area contributed by atoms with Crippen LogP contribution in [-0.2, 0) is 17.1 Å². The highest BCUT2D eigenvalue weighted by atomic mass is 19.4. The van der Waals surface area contributed by atoms with Crippen LogP contribution in [0.25, 0.3) is 33.5 Å². The zero-order valence-electron chi connectivity index (χ0n) is 31.4. The molecule has 23 heteroatoms. The zero-order valence-corrected chi connectivity index (χ0v) is 31.4. The Morgan fingerprint density at radius 1 is 0.581 bits per heavy atom. The fourth-order valence-electron chi connectivity index (χ4n) is 5.60. The average molecular weight is 891 g/mol. The van der Waals surface area contributed by atoms with Crippen LogP contribution in [-0.4, -0.2) is 63.2 Å². The lowest BCUT2D eigenvalue weighted by Crippen LogP contribution is -2.24. The van der Waals surface area contributed by atoms with Gasteiger partial charge in [-0.1, -0.05) is 31.2 Å². The number of alkyl halides is 12. The Kier molecular flexibility index (Phi) is 13.1. The lowest BCUT2D eigenvalue weighted by molar-refractivity contribution is -0.154. The number of hydrogen-bond donors (Lipinski definition) is 0. The predicted octanol–water partition coefficient (Wildman–Crippen LogP) is 9.02. The normalized spacial score (nSPS) is 12.2. The Morgan fingerprint density at radius 3 is 1.29 bits per heavy atom. The van der Waals surface area contributed by atoms with E-state index in [4.69, 9.17) is 0 Å². The van der Waals surface area contributed by atoms with Gasteiger partial charge in [0, 0.05) is 24.4 Å². The Balaban J connectivity index is 0.000000234. The Morgan fingerprint density at radius 2 is 0.952 bits per heavy atom. The first-order chi connectivity index (χ1) is 28.8. The van der Waals surface area contributed by atoms with Gasteiger partial charge in [0.1, 0.15) is 22.8 Å². The number of esters is 1. The van der Waals surface area contributed by atoms with E-state index in [1.54, 1.807) is 6.92 Å². The number of ether oxygens (including phenoxy) is 3. The van der Waals surface area contributed by atoms with Crippen molar-refractivity contribution >= 4 is 23.0 Å². The number of carbonyl (C=O) groups is 2. The summed E-state index contributed by atoms with van der Waals surface area (Å²) >= 11 is 0. The molecule has 328 valence electrons. The van der Waals surface area contributed by atoms with Crippen molar-refractivity contribution in [3.63, 3.8) is 0 Å². The number of fused-ring (bicyclic) bond motifs is 2. The van der Waals surface area contributed by atoms with E-state index < -0.39 is 83.2 Å². The molecule has 0 fully saturated rings. The molecule has 0 amide bonds. The van der Waals surface area contributed by atoms with Gasteiger partial charge in [-0.2, -0.15) is 52.7 Å². The first-order valence-electron chi connectivity index (χ1n) is 17.3. The Bertz CT molecular complexity index is 2550. The number of benzene rings is 2.